The van der Waals surface area contributed by atoms with E-state index in [4.69, 9.17) is 15.2 Å². The van der Waals surface area contributed by atoms with Gasteiger partial charge in [-0.15, -0.1) is 0 Å². The predicted octanol–water partition coefficient (Wildman–Crippen LogP) is 1.97. The first-order valence-corrected chi connectivity index (χ1v) is 7.10. The number of ether oxygens (including phenoxy) is 2. The Balaban J connectivity index is 1.81. The summed E-state index contributed by atoms with van der Waals surface area (Å²) in [6.07, 6.45) is 7.46. The van der Waals surface area contributed by atoms with Gasteiger partial charge < -0.3 is 19.8 Å². The van der Waals surface area contributed by atoms with Crippen LogP contribution < -0.4 is 5.73 Å². The third-order valence-electron chi connectivity index (χ3n) is 3.16. The fourth-order valence-corrected chi connectivity index (χ4v) is 2.08. The molecule has 0 amide bonds. The molecule has 0 atom stereocenters. The van der Waals surface area contributed by atoms with E-state index >= 15 is 0 Å². The molecule has 21 heavy (non-hydrogen) atoms. The lowest BCUT2D eigenvalue weighted by Crippen LogP contribution is -2.05. The van der Waals surface area contributed by atoms with Gasteiger partial charge in [0.25, 0.3) is 0 Å². The zero-order valence-corrected chi connectivity index (χ0v) is 12.4. The summed E-state index contributed by atoms with van der Waals surface area (Å²) >= 11 is 0. The Morgan fingerprint density at radius 1 is 1.24 bits per heavy atom. The second-order valence-electron chi connectivity index (χ2n) is 4.75. The van der Waals surface area contributed by atoms with Crippen LogP contribution in [0.2, 0.25) is 0 Å². The molecule has 0 aliphatic heterocycles. The van der Waals surface area contributed by atoms with Gasteiger partial charge in [-0.3, -0.25) is 0 Å². The summed E-state index contributed by atoms with van der Waals surface area (Å²) in [4.78, 5) is 8.23. The average molecular weight is 290 g/mol. The van der Waals surface area contributed by atoms with E-state index in [2.05, 4.69) is 14.5 Å². The van der Waals surface area contributed by atoms with Gasteiger partial charge in [0, 0.05) is 32.0 Å². The van der Waals surface area contributed by atoms with E-state index in [1.54, 1.807) is 13.3 Å². The quantitative estimate of drug-likeness (QED) is 0.715. The first-order valence-electron chi connectivity index (χ1n) is 7.10. The van der Waals surface area contributed by atoms with E-state index in [1.807, 2.05) is 24.7 Å². The topological polar surface area (TPSA) is 75.2 Å². The Hall–Kier alpha value is -1.92. The molecule has 0 saturated heterocycles. The number of nitrogens with zero attached hydrogens (tertiary/aromatic N) is 3. The van der Waals surface area contributed by atoms with Crippen molar-refractivity contribution in [1.29, 1.82) is 0 Å². The van der Waals surface area contributed by atoms with Gasteiger partial charge in [-0.05, 0) is 25.0 Å². The van der Waals surface area contributed by atoms with Crippen LogP contribution in [0.3, 0.4) is 0 Å². The highest BCUT2D eigenvalue weighted by atomic mass is 16.5. The van der Waals surface area contributed by atoms with E-state index in [0.717, 1.165) is 37.3 Å². The maximum Gasteiger partial charge on any atom is 0.123 e. The molecule has 6 heteroatoms. The second-order valence-corrected chi connectivity index (χ2v) is 4.75. The maximum atomic E-state index is 5.73. The Morgan fingerprint density at radius 2 is 2.14 bits per heavy atom. The zero-order chi connectivity index (χ0) is 14.9. The van der Waals surface area contributed by atoms with Crippen molar-refractivity contribution < 1.29 is 9.47 Å². The average Bonchev–Trinajstić information content (AvgIpc) is 2.95. The van der Waals surface area contributed by atoms with Crippen LogP contribution in [0.15, 0.2) is 30.9 Å². The zero-order valence-electron chi connectivity index (χ0n) is 12.4. The summed E-state index contributed by atoms with van der Waals surface area (Å²) in [7, 11) is 1.68. The number of unbranched alkanes of at least 4 members (excludes halogenated alkanes) is 1. The Kier molecular flexibility index (Phi) is 6.18. The molecule has 0 fully saturated rings. The summed E-state index contributed by atoms with van der Waals surface area (Å²) in [5, 5.41) is 0. The van der Waals surface area contributed by atoms with Crippen molar-refractivity contribution in [1.82, 2.24) is 14.5 Å². The van der Waals surface area contributed by atoms with Gasteiger partial charge in [-0.2, -0.15) is 0 Å². The highest BCUT2D eigenvalue weighted by molar-refractivity contribution is 5.61. The molecule has 6 nitrogen and oxygen atoms in total. The van der Waals surface area contributed by atoms with Crippen molar-refractivity contribution in [3.63, 3.8) is 0 Å². The standard InChI is InChI=1S/C15H22N4O2/c1-20-8-9-21-7-3-2-6-19-12-17-11-14(19)13-4-5-18-15(16)10-13/h4-5,10-12H,2-3,6-9H2,1H3,(H2,16,18). The number of methoxy groups -OCH3 is 1. The van der Waals surface area contributed by atoms with Crippen LogP contribution in [0.1, 0.15) is 12.8 Å². The van der Waals surface area contributed by atoms with E-state index in [1.165, 1.54) is 0 Å². The molecule has 2 aromatic rings. The number of hydrogen-bond acceptors (Lipinski definition) is 5. The minimum atomic E-state index is 0.520. The van der Waals surface area contributed by atoms with Crippen molar-refractivity contribution >= 4 is 5.82 Å². The molecule has 0 aliphatic carbocycles. The Labute approximate surface area is 124 Å². The van der Waals surface area contributed by atoms with Crippen LogP contribution in [-0.4, -0.2) is 41.5 Å². The summed E-state index contributed by atoms with van der Waals surface area (Å²) < 4.78 is 12.5. The largest absolute Gasteiger partial charge is 0.384 e. The van der Waals surface area contributed by atoms with Crippen molar-refractivity contribution in [2.45, 2.75) is 19.4 Å². The van der Waals surface area contributed by atoms with Gasteiger partial charge in [0.1, 0.15) is 5.82 Å². The molecule has 0 saturated carbocycles. The number of nitrogens with two attached hydrogens (primary N) is 1. The molecule has 114 valence electrons. The van der Waals surface area contributed by atoms with E-state index in [-0.39, 0.29) is 0 Å². The summed E-state index contributed by atoms with van der Waals surface area (Å²) in [6, 6.07) is 3.80. The SMILES string of the molecule is COCCOCCCCn1cncc1-c1ccnc(N)c1. The van der Waals surface area contributed by atoms with Crippen LogP contribution in [0.5, 0.6) is 0 Å². The summed E-state index contributed by atoms with van der Waals surface area (Å²) in [5.41, 5.74) is 7.82. The van der Waals surface area contributed by atoms with E-state index in [9.17, 15) is 0 Å². The number of aryl methyl sites for hydroxylation is 1. The number of aromatic nitrogens is 3. The predicted molar refractivity (Wildman–Crippen MR) is 81.8 cm³/mol. The minimum absolute atomic E-state index is 0.520. The third kappa shape index (κ3) is 4.84. The highest BCUT2D eigenvalue weighted by Gasteiger charge is 2.05. The van der Waals surface area contributed by atoms with Crippen LogP contribution in [0.4, 0.5) is 5.82 Å². The number of pyridine rings is 1. The monoisotopic (exact) mass is 290 g/mol. The lowest BCUT2D eigenvalue weighted by molar-refractivity contribution is 0.0684. The Morgan fingerprint density at radius 3 is 2.95 bits per heavy atom. The first-order chi connectivity index (χ1) is 10.3. The van der Waals surface area contributed by atoms with Crippen molar-refractivity contribution in [3.05, 3.63) is 30.9 Å². The molecular formula is C15H22N4O2. The number of nitrogen functional groups attached to an aromatic ring is 1. The molecule has 2 heterocycles. The molecule has 0 unspecified atom stereocenters. The fourth-order valence-electron chi connectivity index (χ4n) is 2.08. The molecule has 0 aliphatic rings. The first kappa shape index (κ1) is 15.5. The molecule has 0 radical (unpaired) electrons. The second kappa shape index (κ2) is 8.39. The molecule has 0 bridgehead atoms. The van der Waals surface area contributed by atoms with Crippen LogP contribution in [0.25, 0.3) is 11.3 Å². The lowest BCUT2D eigenvalue weighted by atomic mass is 10.2. The summed E-state index contributed by atoms with van der Waals surface area (Å²) in [5.74, 6) is 0.520. The molecule has 0 spiro atoms. The van der Waals surface area contributed by atoms with Crippen LogP contribution >= 0.6 is 0 Å². The number of imidazole rings is 1. The van der Waals surface area contributed by atoms with Gasteiger partial charge in [0.2, 0.25) is 0 Å². The van der Waals surface area contributed by atoms with Gasteiger partial charge in [-0.25, -0.2) is 9.97 Å². The number of rotatable bonds is 9. The lowest BCUT2D eigenvalue weighted by Gasteiger charge is -2.09. The fraction of sp³-hybridized carbons (Fsp3) is 0.467. The minimum Gasteiger partial charge on any atom is -0.384 e. The van der Waals surface area contributed by atoms with Crippen molar-refractivity contribution in [3.8, 4) is 11.3 Å². The molecule has 2 rings (SSSR count). The number of hydrogen-bond donors (Lipinski definition) is 1. The highest BCUT2D eigenvalue weighted by Crippen LogP contribution is 2.20. The van der Waals surface area contributed by atoms with Crippen molar-refractivity contribution in [2.24, 2.45) is 0 Å². The van der Waals surface area contributed by atoms with Gasteiger partial charge >= 0.3 is 0 Å². The van der Waals surface area contributed by atoms with Gasteiger partial charge in [-0.1, -0.05) is 0 Å². The smallest absolute Gasteiger partial charge is 0.123 e. The third-order valence-corrected chi connectivity index (χ3v) is 3.16. The van der Waals surface area contributed by atoms with Gasteiger partial charge in [0.15, 0.2) is 0 Å². The Bertz CT molecular complexity index is 542. The molecule has 2 N–H and O–H groups in total. The molecule has 0 aromatic carbocycles. The van der Waals surface area contributed by atoms with E-state index < -0.39 is 0 Å². The van der Waals surface area contributed by atoms with Crippen LogP contribution in [-0.2, 0) is 16.0 Å². The van der Waals surface area contributed by atoms with Crippen LogP contribution in [0, 0.1) is 0 Å². The summed E-state index contributed by atoms with van der Waals surface area (Å²) in [6.45, 7) is 2.97. The van der Waals surface area contributed by atoms with Crippen molar-refractivity contribution in [2.75, 3.05) is 32.7 Å². The normalized spacial score (nSPS) is 10.9. The molecule has 2 aromatic heterocycles. The molecular weight excluding hydrogens is 268 g/mol. The number of anilines is 1. The maximum absolute atomic E-state index is 5.73. The van der Waals surface area contributed by atoms with E-state index in [0.29, 0.717) is 19.0 Å². The van der Waals surface area contributed by atoms with Gasteiger partial charge in [0.05, 0.1) is 31.4 Å².